The number of likely N-dealkylation sites (tertiary alicyclic amines) is 1. The number of nitrogens with zero attached hydrogens (tertiary/aromatic N) is 4. The van der Waals surface area contributed by atoms with Crippen LogP contribution in [0.2, 0.25) is 0 Å². The third kappa shape index (κ3) is 5.81. The number of amides is 2. The summed E-state index contributed by atoms with van der Waals surface area (Å²) in [7, 11) is 0. The minimum absolute atomic E-state index is 0.0271. The van der Waals surface area contributed by atoms with Crippen molar-refractivity contribution in [2.45, 2.75) is 70.0 Å². The Morgan fingerprint density at radius 3 is 2.27 bits per heavy atom. The van der Waals surface area contributed by atoms with Crippen LogP contribution in [0.15, 0.2) is 84.9 Å². The van der Waals surface area contributed by atoms with Crippen molar-refractivity contribution in [2.75, 3.05) is 13.1 Å². The van der Waals surface area contributed by atoms with Crippen molar-refractivity contribution >= 4 is 22.8 Å². The van der Waals surface area contributed by atoms with Gasteiger partial charge in [-0.15, -0.1) is 0 Å². The van der Waals surface area contributed by atoms with Gasteiger partial charge in [-0.3, -0.25) is 9.59 Å². The molecule has 1 atom stereocenters. The molecule has 2 amide bonds. The first-order chi connectivity index (χ1) is 19.7. The van der Waals surface area contributed by atoms with Gasteiger partial charge in [-0.1, -0.05) is 92.1 Å². The van der Waals surface area contributed by atoms with Gasteiger partial charge in [0.05, 0.1) is 11.0 Å². The molecule has 0 bridgehead atoms. The second kappa shape index (κ2) is 12.1. The van der Waals surface area contributed by atoms with Gasteiger partial charge < -0.3 is 14.4 Å². The molecule has 6 nitrogen and oxygen atoms in total. The van der Waals surface area contributed by atoms with Gasteiger partial charge in [-0.25, -0.2) is 4.98 Å². The molecular formula is C34H38N4O2. The molecule has 1 aromatic heterocycles. The zero-order valence-corrected chi connectivity index (χ0v) is 23.1. The monoisotopic (exact) mass is 534 g/mol. The van der Waals surface area contributed by atoms with Gasteiger partial charge >= 0.3 is 0 Å². The Hall–Kier alpha value is -3.93. The molecule has 2 aliphatic rings. The topological polar surface area (TPSA) is 58.4 Å². The lowest BCUT2D eigenvalue weighted by Crippen LogP contribution is -2.42. The van der Waals surface area contributed by atoms with E-state index in [0.717, 1.165) is 41.7 Å². The molecular weight excluding hydrogens is 496 g/mol. The van der Waals surface area contributed by atoms with Crippen molar-refractivity contribution in [1.29, 1.82) is 0 Å². The molecule has 2 heterocycles. The van der Waals surface area contributed by atoms with Gasteiger partial charge in [-0.2, -0.15) is 0 Å². The minimum Gasteiger partial charge on any atom is -0.342 e. The number of aromatic nitrogens is 2. The third-order valence-electron chi connectivity index (χ3n) is 8.60. The number of para-hydroxylation sites is 2. The fraction of sp³-hybridized carbons (Fsp3) is 0.382. The number of carbonyl (C=O) groups excluding carboxylic acids is 2. The van der Waals surface area contributed by atoms with E-state index >= 15 is 0 Å². The lowest BCUT2D eigenvalue weighted by atomic mass is 9.93. The van der Waals surface area contributed by atoms with Crippen LogP contribution in [0, 0.1) is 0 Å². The van der Waals surface area contributed by atoms with Crippen molar-refractivity contribution in [2.24, 2.45) is 0 Å². The molecule has 4 aromatic rings. The van der Waals surface area contributed by atoms with Crippen molar-refractivity contribution in [3.8, 4) is 0 Å². The summed E-state index contributed by atoms with van der Waals surface area (Å²) in [5.41, 5.74) is 4.24. The fourth-order valence-electron chi connectivity index (χ4n) is 6.46. The van der Waals surface area contributed by atoms with E-state index in [9.17, 15) is 9.59 Å². The van der Waals surface area contributed by atoms with E-state index in [4.69, 9.17) is 4.98 Å². The highest BCUT2D eigenvalue weighted by atomic mass is 16.2. The average Bonchev–Trinajstić information content (AvgIpc) is 3.56. The fourth-order valence-corrected chi connectivity index (χ4v) is 6.46. The van der Waals surface area contributed by atoms with Crippen LogP contribution in [0.5, 0.6) is 0 Å². The Bertz CT molecular complexity index is 1440. The Kier molecular flexibility index (Phi) is 7.94. The van der Waals surface area contributed by atoms with Gasteiger partial charge in [0.25, 0.3) is 0 Å². The summed E-state index contributed by atoms with van der Waals surface area (Å²) in [4.78, 5) is 36.3. The first-order valence-corrected chi connectivity index (χ1v) is 14.8. The highest BCUT2D eigenvalue weighted by Gasteiger charge is 2.35. The van der Waals surface area contributed by atoms with Crippen LogP contribution >= 0.6 is 0 Å². The van der Waals surface area contributed by atoms with Crippen LogP contribution in [0.25, 0.3) is 11.0 Å². The molecule has 6 rings (SSSR count). The van der Waals surface area contributed by atoms with Crippen molar-refractivity contribution in [3.05, 3.63) is 102 Å². The van der Waals surface area contributed by atoms with Crippen LogP contribution in [-0.4, -0.2) is 50.3 Å². The summed E-state index contributed by atoms with van der Waals surface area (Å²) >= 11 is 0. The van der Waals surface area contributed by atoms with Crippen LogP contribution in [-0.2, 0) is 29.1 Å². The van der Waals surface area contributed by atoms with Crippen LogP contribution in [0.3, 0.4) is 0 Å². The zero-order valence-electron chi connectivity index (χ0n) is 23.1. The maximum Gasteiger partial charge on any atom is 0.243 e. The second-order valence-corrected chi connectivity index (χ2v) is 11.3. The van der Waals surface area contributed by atoms with Gasteiger partial charge in [0.1, 0.15) is 12.4 Å². The summed E-state index contributed by atoms with van der Waals surface area (Å²) in [6.07, 6.45) is 6.98. The number of rotatable bonds is 9. The van der Waals surface area contributed by atoms with E-state index in [-0.39, 0.29) is 30.3 Å². The van der Waals surface area contributed by atoms with E-state index in [1.165, 1.54) is 24.8 Å². The molecule has 1 aliphatic heterocycles. The van der Waals surface area contributed by atoms with E-state index < -0.39 is 0 Å². The van der Waals surface area contributed by atoms with Crippen molar-refractivity contribution in [1.82, 2.24) is 19.4 Å². The van der Waals surface area contributed by atoms with Crippen LogP contribution in [0.4, 0.5) is 0 Å². The molecule has 3 aromatic carbocycles. The molecule has 206 valence electrons. The number of benzene rings is 3. The predicted molar refractivity (Wildman–Crippen MR) is 158 cm³/mol. The van der Waals surface area contributed by atoms with Gasteiger partial charge in [0.2, 0.25) is 11.8 Å². The summed E-state index contributed by atoms with van der Waals surface area (Å²) in [5.74, 6) is 1.12. The van der Waals surface area contributed by atoms with Gasteiger partial charge in [0.15, 0.2) is 0 Å². The summed E-state index contributed by atoms with van der Waals surface area (Å²) < 4.78 is 2.09. The molecule has 0 radical (unpaired) electrons. The first-order valence-electron chi connectivity index (χ1n) is 14.8. The highest BCUT2D eigenvalue weighted by molar-refractivity contribution is 5.83. The number of carbonyl (C=O) groups is 2. The normalized spacial score (nSPS) is 17.9. The largest absolute Gasteiger partial charge is 0.342 e. The predicted octanol–water partition coefficient (Wildman–Crippen LogP) is 5.96. The van der Waals surface area contributed by atoms with E-state index in [1.54, 1.807) is 0 Å². The SMILES string of the molecule is O=C1CC(c2nc3ccccc3n2CC(=O)N(Cc2ccccc2)C2CCCCC2)CN1CCc1ccccc1. The molecule has 2 fully saturated rings. The Morgan fingerprint density at radius 1 is 0.850 bits per heavy atom. The minimum atomic E-state index is -0.0271. The number of fused-ring (bicyclic) bond motifs is 1. The first kappa shape index (κ1) is 26.3. The Balaban J connectivity index is 1.25. The zero-order chi connectivity index (χ0) is 27.3. The van der Waals surface area contributed by atoms with E-state index in [2.05, 4.69) is 33.7 Å². The third-order valence-corrected chi connectivity index (χ3v) is 8.60. The molecule has 0 N–H and O–H groups in total. The van der Waals surface area contributed by atoms with Gasteiger partial charge in [-0.05, 0) is 42.5 Å². The highest BCUT2D eigenvalue weighted by Crippen LogP contribution is 2.31. The quantitative estimate of drug-likeness (QED) is 0.266. The molecule has 40 heavy (non-hydrogen) atoms. The van der Waals surface area contributed by atoms with E-state index in [0.29, 0.717) is 26.1 Å². The van der Waals surface area contributed by atoms with E-state index in [1.807, 2.05) is 65.6 Å². The standard InChI is InChI=1S/C34H38N4O2/c39-32-22-28(24-36(32)21-20-26-12-4-1-5-13-26)34-35-30-18-10-11-19-31(30)38(34)25-33(40)37(29-16-8-3-9-17-29)23-27-14-6-2-7-15-27/h1-2,4-7,10-15,18-19,28-29H,3,8-9,16-17,20-25H2. The van der Waals surface area contributed by atoms with Crippen LogP contribution in [0.1, 0.15) is 61.4 Å². The maximum atomic E-state index is 14.1. The summed E-state index contributed by atoms with van der Waals surface area (Å²) in [6.45, 7) is 2.21. The Labute approximate surface area is 236 Å². The molecule has 1 saturated carbocycles. The number of imidazole rings is 1. The van der Waals surface area contributed by atoms with Crippen molar-refractivity contribution < 1.29 is 9.59 Å². The lowest BCUT2D eigenvalue weighted by molar-refractivity contribution is -0.135. The molecule has 0 spiro atoms. The van der Waals surface area contributed by atoms with Crippen LogP contribution < -0.4 is 0 Å². The van der Waals surface area contributed by atoms with Gasteiger partial charge in [0, 0.05) is 38.0 Å². The smallest absolute Gasteiger partial charge is 0.243 e. The maximum absolute atomic E-state index is 14.1. The van der Waals surface area contributed by atoms with Crippen molar-refractivity contribution in [3.63, 3.8) is 0 Å². The molecule has 1 unspecified atom stereocenters. The summed E-state index contributed by atoms with van der Waals surface area (Å²) in [5, 5.41) is 0. The lowest BCUT2D eigenvalue weighted by Gasteiger charge is -2.35. The molecule has 6 heteroatoms. The average molecular weight is 535 g/mol. The summed E-state index contributed by atoms with van der Waals surface area (Å²) in [6, 6.07) is 28.9. The Morgan fingerprint density at radius 2 is 1.52 bits per heavy atom. The molecule has 1 aliphatic carbocycles. The second-order valence-electron chi connectivity index (χ2n) is 11.3. The molecule has 1 saturated heterocycles. The number of hydrogen-bond acceptors (Lipinski definition) is 3. The number of hydrogen-bond donors (Lipinski definition) is 0.